The third-order valence-electron chi connectivity index (χ3n) is 1.76. The normalized spacial score (nSPS) is 10.5. The Hall–Kier alpha value is -1.42. The first kappa shape index (κ1) is 8.19. The van der Waals surface area contributed by atoms with Gasteiger partial charge in [-0.3, -0.25) is 0 Å². The zero-order valence-electron chi connectivity index (χ0n) is 6.52. The molecule has 2 rings (SSSR count). The van der Waals surface area contributed by atoms with Crippen molar-refractivity contribution in [1.82, 2.24) is 0 Å². The van der Waals surface area contributed by atoms with Crippen LogP contribution in [0.15, 0.2) is 38.4 Å². The quantitative estimate of drug-likeness (QED) is 0.496. The van der Waals surface area contributed by atoms with Crippen LogP contribution < -0.4 is 5.63 Å². The number of para-hydroxylation sites is 1. The second-order valence-electron chi connectivity index (χ2n) is 2.58. The van der Waals surface area contributed by atoms with Crippen LogP contribution in [-0.2, 0) is 0 Å². The Morgan fingerprint density at radius 2 is 2.00 bits per heavy atom. The average molecular weight is 194 g/mol. The number of thiol groups is 1. The van der Waals surface area contributed by atoms with E-state index in [-0.39, 0.29) is 4.90 Å². The summed E-state index contributed by atoms with van der Waals surface area (Å²) in [5.74, 6) is -0.443. The van der Waals surface area contributed by atoms with Crippen molar-refractivity contribution >= 4 is 23.6 Å². The second-order valence-corrected chi connectivity index (χ2v) is 3.03. The SMILES string of the molecule is O=c1oc2ccccc2c(S)c1O. The van der Waals surface area contributed by atoms with Gasteiger partial charge in [-0.25, -0.2) is 4.79 Å². The van der Waals surface area contributed by atoms with E-state index in [1.807, 2.05) is 0 Å². The summed E-state index contributed by atoms with van der Waals surface area (Å²) in [5.41, 5.74) is -0.334. The summed E-state index contributed by atoms with van der Waals surface area (Å²) in [6, 6.07) is 6.90. The highest BCUT2D eigenvalue weighted by Gasteiger charge is 2.08. The van der Waals surface area contributed by atoms with E-state index < -0.39 is 11.4 Å². The van der Waals surface area contributed by atoms with Crippen LogP contribution in [0.3, 0.4) is 0 Å². The Morgan fingerprint density at radius 1 is 1.31 bits per heavy atom. The molecule has 0 spiro atoms. The molecule has 0 amide bonds. The van der Waals surface area contributed by atoms with Crippen molar-refractivity contribution in [3.8, 4) is 5.75 Å². The number of rotatable bonds is 0. The molecule has 1 heterocycles. The topological polar surface area (TPSA) is 50.4 Å². The molecule has 0 saturated heterocycles. The monoisotopic (exact) mass is 194 g/mol. The van der Waals surface area contributed by atoms with Crippen molar-refractivity contribution in [3.63, 3.8) is 0 Å². The highest BCUT2D eigenvalue weighted by atomic mass is 32.1. The minimum absolute atomic E-state index is 0.256. The molecule has 0 unspecified atom stereocenters. The van der Waals surface area contributed by atoms with E-state index >= 15 is 0 Å². The molecule has 0 aliphatic rings. The van der Waals surface area contributed by atoms with Gasteiger partial charge in [-0.2, -0.15) is 0 Å². The molecule has 4 heteroatoms. The Balaban J connectivity index is 3.02. The van der Waals surface area contributed by atoms with E-state index in [1.165, 1.54) is 0 Å². The predicted octanol–water partition coefficient (Wildman–Crippen LogP) is 1.79. The summed E-state index contributed by atoms with van der Waals surface area (Å²) in [5, 5.41) is 9.85. The van der Waals surface area contributed by atoms with E-state index in [1.54, 1.807) is 24.3 Å². The smallest absolute Gasteiger partial charge is 0.380 e. The van der Waals surface area contributed by atoms with Crippen molar-refractivity contribution in [2.24, 2.45) is 0 Å². The van der Waals surface area contributed by atoms with Gasteiger partial charge < -0.3 is 9.52 Å². The van der Waals surface area contributed by atoms with Gasteiger partial charge in [0.1, 0.15) is 5.58 Å². The third kappa shape index (κ3) is 1.19. The van der Waals surface area contributed by atoms with Crippen LogP contribution in [0.2, 0.25) is 0 Å². The molecule has 13 heavy (non-hydrogen) atoms. The average Bonchev–Trinajstić information content (AvgIpc) is 2.15. The molecule has 0 aliphatic heterocycles. The van der Waals surface area contributed by atoms with E-state index in [0.29, 0.717) is 11.0 Å². The summed E-state index contributed by atoms with van der Waals surface area (Å²) in [4.78, 5) is 11.2. The Labute approximate surface area is 79.0 Å². The maximum Gasteiger partial charge on any atom is 0.380 e. The molecule has 0 atom stereocenters. The van der Waals surface area contributed by atoms with Gasteiger partial charge in [0.25, 0.3) is 0 Å². The molecule has 0 radical (unpaired) electrons. The summed E-state index contributed by atoms with van der Waals surface area (Å²) in [6.45, 7) is 0. The van der Waals surface area contributed by atoms with Gasteiger partial charge in [-0.1, -0.05) is 12.1 Å². The van der Waals surface area contributed by atoms with E-state index in [0.717, 1.165) is 0 Å². The molecule has 0 bridgehead atoms. The van der Waals surface area contributed by atoms with Crippen LogP contribution >= 0.6 is 12.6 Å². The van der Waals surface area contributed by atoms with Gasteiger partial charge >= 0.3 is 5.63 Å². The zero-order chi connectivity index (χ0) is 9.42. The second kappa shape index (κ2) is 2.81. The van der Waals surface area contributed by atoms with Crippen LogP contribution in [0.4, 0.5) is 0 Å². The lowest BCUT2D eigenvalue weighted by molar-refractivity contribution is 0.416. The lowest BCUT2D eigenvalue weighted by atomic mass is 10.2. The first-order valence-corrected chi connectivity index (χ1v) is 4.08. The van der Waals surface area contributed by atoms with Crippen molar-refractivity contribution in [2.45, 2.75) is 4.90 Å². The first-order valence-electron chi connectivity index (χ1n) is 3.64. The summed E-state index contributed by atoms with van der Waals surface area (Å²) >= 11 is 4.02. The number of benzene rings is 1. The lowest BCUT2D eigenvalue weighted by Gasteiger charge is -2.00. The molecule has 1 N–H and O–H groups in total. The minimum atomic E-state index is -0.760. The molecule has 0 fully saturated rings. The lowest BCUT2D eigenvalue weighted by Crippen LogP contribution is -1.98. The molecule has 0 saturated carbocycles. The Morgan fingerprint density at radius 3 is 2.77 bits per heavy atom. The van der Waals surface area contributed by atoms with Crippen molar-refractivity contribution < 1.29 is 9.52 Å². The number of hydrogen-bond donors (Lipinski definition) is 2. The van der Waals surface area contributed by atoms with Crippen LogP contribution in [0.25, 0.3) is 11.0 Å². The molecule has 3 nitrogen and oxygen atoms in total. The van der Waals surface area contributed by atoms with Crippen molar-refractivity contribution in [1.29, 1.82) is 0 Å². The van der Waals surface area contributed by atoms with Crippen LogP contribution in [-0.4, -0.2) is 5.11 Å². The van der Waals surface area contributed by atoms with E-state index in [2.05, 4.69) is 12.6 Å². The fourth-order valence-electron chi connectivity index (χ4n) is 1.12. The molecule has 2 aromatic rings. The highest BCUT2D eigenvalue weighted by Crippen LogP contribution is 2.26. The predicted molar refractivity (Wildman–Crippen MR) is 51.4 cm³/mol. The van der Waals surface area contributed by atoms with Gasteiger partial charge in [0.2, 0.25) is 5.75 Å². The van der Waals surface area contributed by atoms with Gasteiger partial charge in [0, 0.05) is 5.39 Å². The van der Waals surface area contributed by atoms with E-state index in [9.17, 15) is 9.90 Å². The molecule has 1 aromatic carbocycles. The highest BCUT2D eigenvalue weighted by molar-refractivity contribution is 7.80. The Kier molecular flexibility index (Phi) is 1.77. The maximum atomic E-state index is 11.0. The van der Waals surface area contributed by atoms with Gasteiger partial charge in [-0.05, 0) is 12.1 Å². The number of fused-ring (bicyclic) bond motifs is 1. The fourth-order valence-corrected chi connectivity index (χ4v) is 1.40. The molecular formula is C9H6O3S. The van der Waals surface area contributed by atoms with Crippen molar-refractivity contribution in [3.05, 3.63) is 34.7 Å². The van der Waals surface area contributed by atoms with Crippen LogP contribution in [0.1, 0.15) is 0 Å². The number of hydrogen-bond acceptors (Lipinski definition) is 4. The maximum absolute atomic E-state index is 11.0. The van der Waals surface area contributed by atoms with Gasteiger partial charge in [-0.15, -0.1) is 12.6 Å². The largest absolute Gasteiger partial charge is 0.501 e. The van der Waals surface area contributed by atoms with Crippen molar-refractivity contribution in [2.75, 3.05) is 0 Å². The third-order valence-corrected chi connectivity index (χ3v) is 2.22. The van der Waals surface area contributed by atoms with E-state index in [4.69, 9.17) is 4.42 Å². The van der Waals surface area contributed by atoms with Crippen LogP contribution in [0.5, 0.6) is 5.75 Å². The van der Waals surface area contributed by atoms with Gasteiger partial charge in [0.15, 0.2) is 0 Å². The number of aromatic hydroxyl groups is 1. The summed E-state index contributed by atoms with van der Waals surface area (Å²) in [7, 11) is 0. The Bertz CT molecular complexity index is 516. The van der Waals surface area contributed by atoms with Crippen LogP contribution in [0, 0.1) is 0 Å². The molecule has 0 aliphatic carbocycles. The fraction of sp³-hybridized carbons (Fsp3) is 0. The molecule has 1 aromatic heterocycles. The standard InChI is InChI=1S/C9H6O3S/c10-7-8(13)5-3-1-2-4-6(5)12-9(7)11/h1-4,10,13H. The minimum Gasteiger partial charge on any atom is -0.501 e. The molecule has 66 valence electrons. The summed E-state index contributed by atoms with van der Waals surface area (Å²) in [6.07, 6.45) is 0. The van der Waals surface area contributed by atoms with Gasteiger partial charge in [0.05, 0.1) is 4.90 Å². The summed E-state index contributed by atoms with van der Waals surface area (Å²) < 4.78 is 4.82. The first-order chi connectivity index (χ1) is 6.20. The molecular weight excluding hydrogens is 188 g/mol. The zero-order valence-corrected chi connectivity index (χ0v) is 7.41.